The third kappa shape index (κ3) is 0.973. The summed E-state index contributed by atoms with van der Waals surface area (Å²) in [5.41, 5.74) is 0. The molecule has 0 spiro atoms. The zero-order valence-corrected chi connectivity index (χ0v) is 4.27. The zero-order valence-electron chi connectivity index (χ0n) is 3.46. The molecular weight excluding hydrogens is 120 g/mol. The maximum Gasteiger partial charge on any atom is 0.475 e. The van der Waals surface area contributed by atoms with Crippen LogP contribution in [-0.4, -0.2) is 17.4 Å². The van der Waals surface area contributed by atoms with Gasteiger partial charge in [-0.2, -0.15) is 0 Å². The van der Waals surface area contributed by atoms with Crippen LogP contribution >= 0.6 is 0 Å². The SMILES string of the molecule is O=S1OCC[O+]1[O-]. The van der Waals surface area contributed by atoms with Gasteiger partial charge in [-0.05, 0) is 0 Å². The zero-order chi connectivity index (χ0) is 5.28. The second-order valence-electron chi connectivity index (χ2n) is 1.03. The van der Waals surface area contributed by atoms with Crippen molar-refractivity contribution in [3.63, 3.8) is 0 Å². The van der Waals surface area contributed by atoms with Crippen LogP contribution < -0.4 is 5.26 Å². The molecule has 0 bridgehead atoms. The minimum Gasteiger partial charge on any atom is -0.514 e. The highest BCUT2D eigenvalue weighted by molar-refractivity contribution is 7.75. The summed E-state index contributed by atoms with van der Waals surface area (Å²) in [6.45, 7) is 0.396. The maximum atomic E-state index is 10.0. The maximum absolute atomic E-state index is 10.0. The molecule has 1 aliphatic rings. The van der Waals surface area contributed by atoms with E-state index in [0.717, 1.165) is 3.96 Å². The van der Waals surface area contributed by atoms with E-state index in [1.165, 1.54) is 0 Å². The van der Waals surface area contributed by atoms with E-state index < -0.39 is 11.4 Å². The van der Waals surface area contributed by atoms with Gasteiger partial charge in [-0.25, -0.2) is 4.18 Å². The van der Waals surface area contributed by atoms with Gasteiger partial charge in [0.2, 0.25) is 0 Å². The fourth-order valence-corrected chi connectivity index (χ4v) is 0.807. The summed E-state index contributed by atoms with van der Waals surface area (Å²) in [6.07, 6.45) is 0. The lowest BCUT2D eigenvalue weighted by Crippen LogP contribution is -2.23. The Balaban J connectivity index is 2.48. The molecule has 1 saturated heterocycles. The van der Waals surface area contributed by atoms with Crippen molar-refractivity contribution in [2.24, 2.45) is 0 Å². The molecule has 0 aromatic rings. The molecular formula is C2H4O4S. The van der Waals surface area contributed by atoms with Crippen molar-refractivity contribution in [3.05, 3.63) is 0 Å². The Kier molecular flexibility index (Phi) is 1.38. The average molecular weight is 124 g/mol. The van der Waals surface area contributed by atoms with E-state index in [0.29, 0.717) is 0 Å². The Morgan fingerprint density at radius 2 is 2.57 bits per heavy atom. The van der Waals surface area contributed by atoms with Gasteiger partial charge in [-0.3, -0.25) is 0 Å². The van der Waals surface area contributed by atoms with Gasteiger partial charge < -0.3 is 9.22 Å². The number of hydrogen-bond acceptors (Lipinski definition) is 3. The Morgan fingerprint density at radius 3 is 2.71 bits per heavy atom. The summed E-state index contributed by atoms with van der Waals surface area (Å²) in [5, 5.41) is 9.98. The van der Waals surface area contributed by atoms with Gasteiger partial charge in [0.05, 0.1) is 0 Å². The third-order valence-electron chi connectivity index (χ3n) is 0.581. The molecule has 0 amide bonds. The van der Waals surface area contributed by atoms with E-state index in [1.807, 2.05) is 0 Å². The van der Waals surface area contributed by atoms with Crippen LogP contribution in [0.1, 0.15) is 0 Å². The van der Waals surface area contributed by atoms with Gasteiger partial charge >= 0.3 is 11.4 Å². The van der Waals surface area contributed by atoms with Gasteiger partial charge in [0.15, 0.2) is 6.61 Å². The van der Waals surface area contributed by atoms with Crippen molar-refractivity contribution < 1.29 is 17.6 Å². The molecule has 1 aliphatic heterocycles. The molecule has 7 heavy (non-hydrogen) atoms. The molecule has 0 aliphatic carbocycles. The Hall–Kier alpha value is 0.0300. The Morgan fingerprint density at radius 1 is 1.86 bits per heavy atom. The molecule has 1 rings (SSSR count). The number of rotatable bonds is 0. The highest BCUT2D eigenvalue weighted by Gasteiger charge is 2.21. The van der Waals surface area contributed by atoms with Crippen LogP contribution in [0.15, 0.2) is 0 Å². The van der Waals surface area contributed by atoms with Crippen LogP contribution in [0, 0.1) is 0 Å². The predicted octanol–water partition coefficient (Wildman–Crippen LogP) is -1.58. The van der Waals surface area contributed by atoms with Crippen molar-refractivity contribution in [1.82, 2.24) is 0 Å². The van der Waals surface area contributed by atoms with Gasteiger partial charge in [0.25, 0.3) is 0 Å². The first-order chi connectivity index (χ1) is 3.30. The highest BCUT2D eigenvalue weighted by atomic mass is 32.2. The number of hydrogen-bond donors (Lipinski definition) is 0. The second kappa shape index (κ2) is 1.87. The molecule has 0 radical (unpaired) electrons. The molecule has 1 atom stereocenters. The molecule has 0 N–H and O–H groups in total. The minimum atomic E-state index is -1.77. The molecule has 42 valence electrons. The molecule has 5 heteroatoms. The molecule has 1 fully saturated rings. The van der Waals surface area contributed by atoms with E-state index in [1.54, 1.807) is 0 Å². The topological polar surface area (TPSA) is 52.1 Å². The van der Waals surface area contributed by atoms with Crippen molar-refractivity contribution >= 4 is 11.4 Å². The second-order valence-corrected chi connectivity index (χ2v) is 2.05. The first-order valence-corrected chi connectivity index (χ1v) is 2.74. The van der Waals surface area contributed by atoms with E-state index in [4.69, 9.17) is 0 Å². The summed E-state index contributed by atoms with van der Waals surface area (Å²) in [6, 6.07) is 0. The molecule has 0 aromatic carbocycles. The van der Waals surface area contributed by atoms with Crippen LogP contribution in [0.5, 0.6) is 0 Å². The van der Waals surface area contributed by atoms with E-state index in [-0.39, 0.29) is 13.2 Å². The van der Waals surface area contributed by atoms with Gasteiger partial charge in [0.1, 0.15) is 6.61 Å². The monoisotopic (exact) mass is 124 g/mol. The largest absolute Gasteiger partial charge is 0.514 e. The normalized spacial score (nSPS) is 34.1. The van der Waals surface area contributed by atoms with Crippen molar-refractivity contribution in [3.8, 4) is 0 Å². The smallest absolute Gasteiger partial charge is 0.475 e. The Labute approximate surface area is 43.2 Å². The van der Waals surface area contributed by atoms with Crippen molar-refractivity contribution in [1.29, 1.82) is 0 Å². The van der Waals surface area contributed by atoms with Gasteiger partial charge in [-0.1, -0.05) is 0 Å². The molecule has 0 saturated carbocycles. The lowest BCUT2D eigenvalue weighted by molar-refractivity contribution is -0.729. The van der Waals surface area contributed by atoms with Gasteiger partial charge in [-0.15, -0.1) is 4.21 Å². The van der Waals surface area contributed by atoms with Crippen molar-refractivity contribution in [2.45, 2.75) is 0 Å². The summed E-state index contributed by atoms with van der Waals surface area (Å²) >= 11 is -1.77. The van der Waals surface area contributed by atoms with Crippen LogP contribution in [0.2, 0.25) is 0 Å². The predicted molar refractivity (Wildman–Crippen MR) is 20.0 cm³/mol. The minimum absolute atomic E-state index is 0.145. The van der Waals surface area contributed by atoms with E-state index >= 15 is 0 Å². The first-order valence-electron chi connectivity index (χ1n) is 1.74. The van der Waals surface area contributed by atoms with E-state index in [9.17, 15) is 9.47 Å². The lowest BCUT2D eigenvalue weighted by Gasteiger charge is -2.03. The molecule has 4 nitrogen and oxygen atoms in total. The summed E-state index contributed by atoms with van der Waals surface area (Å²) in [5.74, 6) is 0. The van der Waals surface area contributed by atoms with Crippen LogP contribution in [0.25, 0.3) is 0 Å². The van der Waals surface area contributed by atoms with Crippen LogP contribution in [0.3, 0.4) is 0 Å². The summed E-state index contributed by atoms with van der Waals surface area (Å²) < 4.78 is 15.5. The molecule has 1 heterocycles. The standard InChI is InChI=1S/C2H4O4S/c3-6-2-1-5-7(6)4/h1-2H2. The molecule has 1 unspecified atom stereocenters. The van der Waals surface area contributed by atoms with Crippen LogP contribution in [0.4, 0.5) is 0 Å². The van der Waals surface area contributed by atoms with E-state index in [2.05, 4.69) is 4.18 Å². The van der Waals surface area contributed by atoms with Crippen molar-refractivity contribution in [2.75, 3.05) is 13.2 Å². The summed E-state index contributed by atoms with van der Waals surface area (Å²) in [4.78, 5) is 0. The third-order valence-corrected chi connectivity index (χ3v) is 1.41. The fraction of sp³-hybridized carbons (Fsp3) is 1.00. The van der Waals surface area contributed by atoms with Gasteiger partial charge in [0, 0.05) is 0 Å². The highest BCUT2D eigenvalue weighted by Crippen LogP contribution is 2.02. The Bertz CT molecular complexity index is 91.7. The quantitative estimate of drug-likeness (QED) is 0.289. The first kappa shape index (κ1) is 5.17. The lowest BCUT2D eigenvalue weighted by atomic mass is 10.8. The van der Waals surface area contributed by atoms with Crippen LogP contribution in [-0.2, 0) is 19.5 Å². The fourth-order valence-electron chi connectivity index (χ4n) is 0.292. The summed E-state index contributed by atoms with van der Waals surface area (Å²) in [7, 11) is 0. The average Bonchev–Trinajstić information content (AvgIpc) is 1.91. The molecule has 0 aromatic heterocycles.